The fourth-order valence-corrected chi connectivity index (χ4v) is 1.35. The van der Waals surface area contributed by atoms with Crippen molar-refractivity contribution in [2.75, 3.05) is 6.54 Å². The predicted molar refractivity (Wildman–Crippen MR) is 44.1 cm³/mol. The molecule has 0 saturated carbocycles. The lowest BCUT2D eigenvalue weighted by molar-refractivity contribution is -0.121. The van der Waals surface area contributed by atoms with Crippen LogP contribution in [0.5, 0.6) is 0 Å². The van der Waals surface area contributed by atoms with Gasteiger partial charge >= 0.3 is 0 Å². The molecule has 1 aliphatic rings. The number of amides is 1. The standard InChI is InChI=1S/C8H16N2O/c9-7-4-2-1-3-5-10-8(11)6-7/h7H,1-6,9H2,(H,10,11). The summed E-state index contributed by atoms with van der Waals surface area (Å²) in [4.78, 5) is 11.0. The first-order valence-corrected chi connectivity index (χ1v) is 4.31. The third-order valence-corrected chi connectivity index (χ3v) is 2.02. The lowest BCUT2D eigenvalue weighted by atomic mass is 10.1. The molecule has 0 aromatic rings. The maximum absolute atomic E-state index is 11.0. The maximum Gasteiger partial charge on any atom is 0.221 e. The number of rotatable bonds is 0. The highest BCUT2D eigenvalue weighted by Gasteiger charge is 2.10. The molecule has 3 nitrogen and oxygen atoms in total. The van der Waals surface area contributed by atoms with Crippen LogP contribution in [0.3, 0.4) is 0 Å². The molecule has 1 rings (SSSR count). The van der Waals surface area contributed by atoms with Gasteiger partial charge in [0, 0.05) is 19.0 Å². The molecule has 3 heteroatoms. The summed E-state index contributed by atoms with van der Waals surface area (Å²) in [7, 11) is 0. The van der Waals surface area contributed by atoms with Crippen molar-refractivity contribution in [3.63, 3.8) is 0 Å². The van der Waals surface area contributed by atoms with Crippen molar-refractivity contribution in [2.24, 2.45) is 5.73 Å². The van der Waals surface area contributed by atoms with Crippen LogP contribution in [0.4, 0.5) is 0 Å². The Balaban J connectivity index is 2.33. The summed E-state index contributed by atoms with van der Waals surface area (Å²) < 4.78 is 0. The van der Waals surface area contributed by atoms with Crippen molar-refractivity contribution >= 4 is 5.91 Å². The minimum Gasteiger partial charge on any atom is -0.356 e. The van der Waals surface area contributed by atoms with Gasteiger partial charge in [0.1, 0.15) is 0 Å². The Hall–Kier alpha value is -0.570. The highest BCUT2D eigenvalue weighted by Crippen LogP contribution is 2.06. The lowest BCUT2D eigenvalue weighted by Crippen LogP contribution is -2.30. The first-order valence-electron chi connectivity index (χ1n) is 4.31. The molecule has 3 N–H and O–H groups in total. The second-order valence-electron chi connectivity index (χ2n) is 3.16. The van der Waals surface area contributed by atoms with Crippen LogP contribution >= 0.6 is 0 Å². The zero-order valence-corrected chi connectivity index (χ0v) is 6.81. The van der Waals surface area contributed by atoms with Gasteiger partial charge in [-0.3, -0.25) is 4.79 Å². The number of nitrogens with two attached hydrogens (primary N) is 1. The van der Waals surface area contributed by atoms with E-state index in [0.29, 0.717) is 6.42 Å². The molecule has 0 radical (unpaired) electrons. The van der Waals surface area contributed by atoms with Crippen molar-refractivity contribution in [1.82, 2.24) is 5.32 Å². The molecule has 0 aliphatic carbocycles. The van der Waals surface area contributed by atoms with E-state index < -0.39 is 0 Å². The molecule has 1 aliphatic heterocycles. The number of nitrogens with one attached hydrogen (secondary N) is 1. The van der Waals surface area contributed by atoms with Gasteiger partial charge in [0.2, 0.25) is 5.91 Å². The van der Waals surface area contributed by atoms with Gasteiger partial charge in [0.15, 0.2) is 0 Å². The Morgan fingerprint density at radius 1 is 1.36 bits per heavy atom. The fraction of sp³-hybridized carbons (Fsp3) is 0.875. The molecule has 0 spiro atoms. The molecule has 1 fully saturated rings. The molecular weight excluding hydrogens is 140 g/mol. The second-order valence-corrected chi connectivity index (χ2v) is 3.16. The second kappa shape index (κ2) is 4.34. The Morgan fingerprint density at radius 3 is 3.00 bits per heavy atom. The van der Waals surface area contributed by atoms with E-state index in [1.54, 1.807) is 0 Å². The van der Waals surface area contributed by atoms with Crippen LogP contribution in [0.2, 0.25) is 0 Å². The predicted octanol–water partition coefficient (Wildman–Crippen LogP) is 0.394. The first-order chi connectivity index (χ1) is 5.29. The van der Waals surface area contributed by atoms with E-state index >= 15 is 0 Å². The van der Waals surface area contributed by atoms with Crippen molar-refractivity contribution in [3.8, 4) is 0 Å². The van der Waals surface area contributed by atoms with Crippen LogP contribution in [0.25, 0.3) is 0 Å². The van der Waals surface area contributed by atoms with Gasteiger partial charge in [-0.2, -0.15) is 0 Å². The SMILES string of the molecule is NC1CCCCCNC(=O)C1. The van der Waals surface area contributed by atoms with Crippen molar-refractivity contribution in [1.29, 1.82) is 0 Å². The third kappa shape index (κ3) is 3.37. The minimum absolute atomic E-state index is 0.0769. The zero-order valence-electron chi connectivity index (χ0n) is 6.81. The molecule has 64 valence electrons. The minimum atomic E-state index is 0.0769. The smallest absolute Gasteiger partial charge is 0.221 e. The van der Waals surface area contributed by atoms with E-state index in [9.17, 15) is 4.79 Å². The summed E-state index contributed by atoms with van der Waals surface area (Å²) in [6, 6.07) is 0.0769. The molecule has 0 aromatic carbocycles. The van der Waals surface area contributed by atoms with Crippen molar-refractivity contribution in [2.45, 2.75) is 38.1 Å². The average Bonchev–Trinajstić information content (AvgIpc) is 2.02. The number of hydrogen-bond acceptors (Lipinski definition) is 2. The van der Waals surface area contributed by atoms with Gasteiger partial charge in [0.25, 0.3) is 0 Å². The van der Waals surface area contributed by atoms with Crippen LogP contribution in [0.15, 0.2) is 0 Å². The summed E-state index contributed by atoms with van der Waals surface area (Å²) in [5.41, 5.74) is 5.70. The maximum atomic E-state index is 11.0. The molecule has 1 heterocycles. The van der Waals surface area contributed by atoms with E-state index in [2.05, 4.69) is 5.32 Å². The molecule has 0 aromatic heterocycles. The summed E-state index contributed by atoms with van der Waals surface area (Å²) in [5.74, 6) is 0.111. The number of carbonyl (C=O) groups is 1. The van der Waals surface area contributed by atoms with Crippen LogP contribution in [-0.2, 0) is 4.79 Å². The van der Waals surface area contributed by atoms with Crippen LogP contribution in [0, 0.1) is 0 Å². The molecule has 1 amide bonds. The van der Waals surface area contributed by atoms with E-state index in [1.165, 1.54) is 6.42 Å². The quantitative estimate of drug-likeness (QED) is 0.533. The first kappa shape index (κ1) is 8.53. The normalized spacial score (nSPS) is 28.1. The van der Waals surface area contributed by atoms with E-state index in [-0.39, 0.29) is 11.9 Å². The summed E-state index contributed by atoms with van der Waals surface area (Å²) in [5, 5.41) is 2.84. The average molecular weight is 156 g/mol. The third-order valence-electron chi connectivity index (χ3n) is 2.02. The van der Waals surface area contributed by atoms with Crippen LogP contribution in [-0.4, -0.2) is 18.5 Å². The molecule has 11 heavy (non-hydrogen) atoms. The summed E-state index contributed by atoms with van der Waals surface area (Å²) in [6.07, 6.45) is 4.94. The summed E-state index contributed by atoms with van der Waals surface area (Å²) in [6.45, 7) is 0.825. The highest BCUT2D eigenvalue weighted by atomic mass is 16.1. The zero-order chi connectivity index (χ0) is 8.10. The monoisotopic (exact) mass is 156 g/mol. The number of hydrogen-bond donors (Lipinski definition) is 2. The van der Waals surface area contributed by atoms with E-state index in [1.807, 2.05) is 0 Å². The van der Waals surface area contributed by atoms with E-state index in [0.717, 1.165) is 25.8 Å². The van der Waals surface area contributed by atoms with Gasteiger partial charge in [-0.25, -0.2) is 0 Å². The lowest BCUT2D eigenvalue weighted by Gasteiger charge is -2.07. The fourth-order valence-electron chi connectivity index (χ4n) is 1.35. The number of carbonyl (C=O) groups excluding carboxylic acids is 1. The van der Waals surface area contributed by atoms with Crippen molar-refractivity contribution in [3.05, 3.63) is 0 Å². The largest absolute Gasteiger partial charge is 0.356 e. The van der Waals surface area contributed by atoms with Gasteiger partial charge in [-0.15, -0.1) is 0 Å². The Labute approximate surface area is 67.3 Å². The molecule has 1 saturated heterocycles. The van der Waals surface area contributed by atoms with Crippen LogP contribution in [0.1, 0.15) is 32.1 Å². The van der Waals surface area contributed by atoms with Gasteiger partial charge in [0.05, 0.1) is 0 Å². The van der Waals surface area contributed by atoms with Gasteiger partial charge < -0.3 is 11.1 Å². The topological polar surface area (TPSA) is 55.1 Å². The Bertz CT molecular complexity index is 136. The molecule has 1 unspecified atom stereocenters. The van der Waals surface area contributed by atoms with Gasteiger partial charge in [-0.05, 0) is 12.8 Å². The van der Waals surface area contributed by atoms with Crippen molar-refractivity contribution < 1.29 is 4.79 Å². The molecule has 0 bridgehead atoms. The Kier molecular flexibility index (Phi) is 3.36. The highest BCUT2D eigenvalue weighted by molar-refractivity contribution is 5.76. The molecule has 1 atom stereocenters. The summed E-state index contributed by atoms with van der Waals surface area (Å²) >= 11 is 0. The molecular formula is C8H16N2O. The van der Waals surface area contributed by atoms with Gasteiger partial charge in [-0.1, -0.05) is 12.8 Å². The Morgan fingerprint density at radius 2 is 2.18 bits per heavy atom. The van der Waals surface area contributed by atoms with Crippen LogP contribution < -0.4 is 11.1 Å². The van der Waals surface area contributed by atoms with E-state index in [4.69, 9.17) is 5.73 Å².